The highest BCUT2D eigenvalue weighted by Crippen LogP contribution is 2.28. The quantitative estimate of drug-likeness (QED) is 0.458. The Bertz CT molecular complexity index is 309. The molecule has 0 fully saturated rings. The summed E-state index contributed by atoms with van der Waals surface area (Å²) >= 11 is 7.63. The molecule has 0 aliphatic carbocycles. The topological polar surface area (TPSA) is 61.3 Å². The monoisotopic (exact) mass is 246 g/mol. The fourth-order valence-corrected chi connectivity index (χ4v) is 2.15. The third kappa shape index (κ3) is 4.75. The van der Waals surface area contributed by atoms with Gasteiger partial charge in [0.25, 0.3) is 0 Å². The van der Waals surface area contributed by atoms with Crippen LogP contribution in [-0.4, -0.2) is 25.5 Å². The van der Waals surface area contributed by atoms with Crippen LogP contribution in [0.5, 0.6) is 0 Å². The highest BCUT2D eigenvalue weighted by atomic mass is 35.5. The molecule has 0 saturated heterocycles. The van der Waals surface area contributed by atoms with Crippen molar-refractivity contribution in [3.8, 4) is 0 Å². The molecule has 84 valence electrons. The fourth-order valence-electron chi connectivity index (χ4n) is 1.03. The van der Waals surface area contributed by atoms with Crippen LogP contribution < -0.4 is 11.5 Å². The number of rotatable bonds is 6. The number of anilines is 1. The number of hydrogen-bond donors (Lipinski definition) is 2. The van der Waals surface area contributed by atoms with E-state index in [1.165, 1.54) is 0 Å². The van der Waals surface area contributed by atoms with E-state index in [0.29, 0.717) is 19.8 Å². The predicted octanol–water partition coefficient (Wildman–Crippen LogP) is 1.99. The zero-order valence-electron chi connectivity index (χ0n) is 8.41. The second-order valence-electron chi connectivity index (χ2n) is 2.94. The number of nitrogen functional groups attached to an aromatic ring is 1. The minimum Gasteiger partial charge on any atom is -0.399 e. The number of thioether (sulfide) groups is 1. The van der Waals surface area contributed by atoms with Crippen LogP contribution in [-0.2, 0) is 4.74 Å². The van der Waals surface area contributed by atoms with E-state index in [4.69, 9.17) is 27.8 Å². The van der Waals surface area contributed by atoms with Crippen molar-refractivity contribution >= 4 is 29.1 Å². The van der Waals surface area contributed by atoms with Gasteiger partial charge in [-0.2, -0.15) is 0 Å². The summed E-state index contributed by atoms with van der Waals surface area (Å²) in [6.45, 7) is 1.84. The first-order chi connectivity index (χ1) is 7.24. The first-order valence-corrected chi connectivity index (χ1v) is 6.06. The number of nitrogens with two attached hydrogens (primary N) is 2. The Labute approximate surface area is 99.1 Å². The Hall–Kier alpha value is -0.420. The van der Waals surface area contributed by atoms with E-state index in [2.05, 4.69) is 0 Å². The Balaban J connectivity index is 2.33. The van der Waals surface area contributed by atoms with E-state index in [9.17, 15) is 0 Å². The Morgan fingerprint density at radius 1 is 1.33 bits per heavy atom. The lowest BCUT2D eigenvalue weighted by molar-refractivity contribution is 0.158. The molecule has 1 aromatic rings. The van der Waals surface area contributed by atoms with Gasteiger partial charge in [0.05, 0.1) is 18.2 Å². The molecule has 5 heteroatoms. The maximum Gasteiger partial charge on any atom is 0.0589 e. The maximum atomic E-state index is 6.00. The summed E-state index contributed by atoms with van der Waals surface area (Å²) in [4.78, 5) is 0.994. The lowest BCUT2D eigenvalue weighted by Gasteiger charge is -2.05. The first kappa shape index (κ1) is 12.6. The van der Waals surface area contributed by atoms with Gasteiger partial charge in [0.1, 0.15) is 0 Å². The highest BCUT2D eigenvalue weighted by Gasteiger charge is 2.01. The van der Waals surface area contributed by atoms with Gasteiger partial charge < -0.3 is 16.2 Å². The zero-order valence-corrected chi connectivity index (χ0v) is 9.98. The lowest BCUT2D eigenvalue weighted by atomic mass is 10.3. The number of halogens is 1. The van der Waals surface area contributed by atoms with Crippen LogP contribution in [0.1, 0.15) is 0 Å². The number of hydrogen-bond acceptors (Lipinski definition) is 4. The summed E-state index contributed by atoms with van der Waals surface area (Å²) < 4.78 is 5.25. The third-order valence-corrected chi connectivity index (χ3v) is 3.16. The van der Waals surface area contributed by atoms with Crippen molar-refractivity contribution in [3.05, 3.63) is 23.2 Å². The van der Waals surface area contributed by atoms with Crippen LogP contribution in [0.3, 0.4) is 0 Å². The molecule has 0 amide bonds. The SMILES string of the molecule is NCCOCCSc1cc(N)ccc1Cl. The van der Waals surface area contributed by atoms with Crippen LogP contribution in [0.25, 0.3) is 0 Å². The van der Waals surface area contributed by atoms with E-state index in [1.807, 2.05) is 6.07 Å². The molecule has 0 aromatic heterocycles. The van der Waals surface area contributed by atoms with Gasteiger partial charge in [-0.3, -0.25) is 0 Å². The second kappa shape index (κ2) is 6.95. The molecular formula is C10H15ClN2OS. The largest absolute Gasteiger partial charge is 0.399 e. The first-order valence-electron chi connectivity index (χ1n) is 4.69. The molecule has 0 atom stereocenters. The molecule has 0 spiro atoms. The van der Waals surface area contributed by atoms with Gasteiger partial charge in [-0.1, -0.05) is 11.6 Å². The Morgan fingerprint density at radius 3 is 2.87 bits per heavy atom. The minimum absolute atomic E-state index is 0.559. The molecule has 0 bridgehead atoms. The van der Waals surface area contributed by atoms with Crippen molar-refractivity contribution in [2.24, 2.45) is 5.73 Å². The molecule has 3 nitrogen and oxygen atoms in total. The van der Waals surface area contributed by atoms with Crippen molar-refractivity contribution in [1.82, 2.24) is 0 Å². The summed E-state index contributed by atoms with van der Waals surface area (Å²) in [7, 11) is 0. The molecule has 0 saturated carbocycles. The molecule has 1 rings (SSSR count). The molecule has 0 radical (unpaired) electrons. The average molecular weight is 247 g/mol. The van der Waals surface area contributed by atoms with E-state index in [1.54, 1.807) is 23.9 Å². The zero-order chi connectivity index (χ0) is 11.1. The van der Waals surface area contributed by atoms with Crippen molar-refractivity contribution in [1.29, 1.82) is 0 Å². The Kier molecular flexibility index (Phi) is 5.86. The van der Waals surface area contributed by atoms with Gasteiger partial charge in [-0.15, -0.1) is 11.8 Å². The standard InChI is InChI=1S/C10H15ClN2OS/c11-9-2-1-8(13)7-10(9)15-6-5-14-4-3-12/h1-2,7H,3-6,12-13H2. The average Bonchev–Trinajstić information content (AvgIpc) is 2.23. The highest BCUT2D eigenvalue weighted by molar-refractivity contribution is 7.99. The van der Waals surface area contributed by atoms with Crippen molar-refractivity contribution in [2.45, 2.75) is 4.90 Å². The molecule has 1 aromatic carbocycles. The van der Waals surface area contributed by atoms with E-state index in [-0.39, 0.29) is 0 Å². The number of ether oxygens (including phenoxy) is 1. The molecule has 0 unspecified atom stereocenters. The second-order valence-corrected chi connectivity index (χ2v) is 4.48. The molecule has 15 heavy (non-hydrogen) atoms. The summed E-state index contributed by atoms with van der Waals surface area (Å²) in [6.07, 6.45) is 0. The Morgan fingerprint density at radius 2 is 2.13 bits per heavy atom. The van der Waals surface area contributed by atoms with Gasteiger partial charge in [0.15, 0.2) is 0 Å². The van der Waals surface area contributed by atoms with Crippen LogP contribution in [0.4, 0.5) is 5.69 Å². The summed E-state index contributed by atoms with van der Waals surface area (Å²) in [5, 5.41) is 0.730. The van der Waals surface area contributed by atoms with E-state index < -0.39 is 0 Å². The van der Waals surface area contributed by atoms with E-state index >= 15 is 0 Å². The molecule has 4 N–H and O–H groups in total. The van der Waals surface area contributed by atoms with Gasteiger partial charge >= 0.3 is 0 Å². The van der Waals surface area contributed by atoms with Crippen LogP contribution in [0.2, 0.25) is 5.02 Å². The van der Waals surface area contributed by atoms with Crippen LogP contribution in [0.15, 0.2) is 23.1 Å². The van der Waals surface area contributed by atoms with Gasteiger partial charge in [-0.05, 0) is 18.2 Å². The van der Waals surface area contributed by atoms with Crippen LogP contribution in [0, 0.1) is 0 Å². The third-order valence-electron chi connectivity index (χ3n) is 1.70. The van der Waals surface area contributed by atoms with Crippen molar-refractivity contribution in [2.75, 3.05) is 31.2 Å². The summed E-state index contributed by atoms with van der Waals surface area (Å²) in [5.74, 6) is 0.850. The maximum absolute atomic E-state index is 6.00. The summed E-state index contributed by atoms with van der Waals surface area (Å²) in [5.41, 5.74) is 11.7. The molecule has 0 aliphatic heterocycles. The lowest BCUT2D eigenvalue weighted by Crippen LogP contribution is -2.09. The molecule has 0 aliphatic rings. The van der Waals surface area contributed by atoms with Gasteiger partial charge in [-0.25, -0.2) is 0 Å². The van der Waals surface area contributed by atoms with Crippen molar-refractivity contribution in [3.63, 3.8) is 0 Å². The van der Waals surface area contributed by atoms with E-state index in [0.717, 1.165) is 21.4 Å². The molecule has 0 heterocycles. The normalized spacial score (nSPS) is 10.5. The minimum atomic E-state index is 0.559. The fraction of sp³-hybridized carbons (Fsp3) is 0.400. The predicted molar refractivity (Wildman–Crippen MR) is 66.5 cm³/mol. The smallest absolute Gasteiger partial charge is 0.0589 e. The summed E-state index contributed by atoms with van der Waals surface area (Å²) in [6, 6.07) is 5.47. The van der Waals surface area contributed by atoms with Gasteiger partial charge in [0, 0.05) is 22.9 Å². The number of benzene rings is 1. The van der Waals surface area contributed by atoms with Crippen LogP contribution >= 0.6 is 23.4 Å². The van der Waals surface area contributed by atoms with Gasteiger partial charge in [0.2, 0.25) is 0 Å². The molecular weight excluding hydrogens is 232 g/mol. The van der Waals surface area contributed by atoms with Crippen molar-refractivity contribution < 1.29 is 4.74 Å².